The van der Waals surface area contributed by atoms with Crippen molar-refractivity contribution >= 4 is 39.1 Å². The lowest BCUT2D eigenvalue weighted by Gasteiger charge is -2.02. The Labute approximate surface area is 148 Å². The van der Waals surface area contributed by atoms with Crippen molar-refractivity contribution in [1.29, 1.82) is 0 Å². The Morgan fingerprint density at radius 1 is 1.38 bits per heavy atom. The van der Waals surface area contributed by atoms with Crippen LogP contribution in [0.4, 0.5) is 0 Å². The van der Waals surface area contributed by atoms with Crippen molar-refractivity contribution in [1.82, 2.24) is 4.57 Å². The number of rotatable bonds is 3. The van der Waals surface area contributed by atoms with Crippen LogP contribution < -0.4 is 9.54 Å². The van der Waals surface area contributed by atoms with Crippen LogP contribution in [0.15, 0.2) is 47.5 Å². The predicted molar refractivity (Wildman–Crippen MR) is 96.5 cm³/mol. The quantitative estimate of drug-likeness (QED) is 0.671. The zero-order chi connectivity index (χ0) is 17.1. The Hall–Kier alpha value is -2.55. The number of carbonyl (C=O) groups excluding carboxylic acids is 1. The number of ether oxygens (including phenoxy) is 1. The topological polar surface area (TPSA) is 43.6 Å². The number of carbonyl (C=O) groups is 1. The van der Waals surface area contributed by atoms with E-state index >= 15 is 0 Å². The highest BCUT2D eigenvalue weighted by molar-refractivity contribution is 7.16. The van der Waals surface area contributed by atoms with Crippen LogP contribution in [0.5, 0.6) is 5.75 Å². The first kappa shape index (κ1) is 16.3. The summed E-state index contributed by atoms with van der Waals surface area (Å²) in [4.78, 5) is 17.2. The van der Waals surface area contributed by atoms with E-state index in [1.54, 1.807) is 42.0 Å². The van der Waals surface area contributed by atoms with Gasteiger partial charge in [0, 0.05) is 5.56 Å². The predicted octanol–water partition coefficient (Wildman–Crippen LogP) is 3.74. The summed E-state index contributed by atoms with van der Waals surface area (Å²) in [5, 5.41) is 0.578. The molecule has 1 heterocycles. The number of thiazole rings is 1. The van der Waals surface area contributed by atoms with E-state index in [2.05, 4.69) is 10.9 Å². The van der Waals surface area contributed by atoms with Crippen LogP contribution in [-0.2, 0) is 6.54 Å². The minimum atomic E-state index is -0.359. The van der Waals surface area contributed by atoms with Crippen LogP contribution in [-0.4, -0.2) is 17.6 Å². The van der Waals surface area contributed by atoms with E-state index in [4.69, 9.17) is 22.8 Å². The number of nitrogens with zero attached hydrogens (tertiary/aromatic N) is 2. The molecule has 0 saturated carbocycles. The van der Waals surface area contributed by atoms with Gasteiger partial charge >= 0.3 is 0 Å². The van der Waals surface area contributed by atoms with Crippen LogP contribution in [0.2, 0.25) is 5.02 Å². The van der Waals surface area contributed by atoms with Crippen molar-refractivity contribution < 1.29 is 9.53 Å². The van der Waals surface area contributed by atoms with Gasteiger partial charge in [0.05, 0.1) is 28.9 Å². The summed E-state index contributed by atoms with van der Waals surface area (Å²) in [7, 11) is 1.55. The van der Waals surface area contributed by atoms with Crippen molar-refractivity contribution in [3.63, 3.8) is 0 Å². The molecule has 4 nitrogen and oxygen atoms in total. The minimum absolute atomic E-state index is 0.286. The highest BCUT2D eigenvalue weighted by Crippen LogP contribution is 2.25. The number of hydrogen-bond donors (Lipinski definition) is 0. The van der Waals surface area contributed by atoms with Gasteiger partial charge in [0.1, 0.15) is 5.75 Å². The Morgan fingerprint density at radius 3 is 2.92 bits per heavy atom. The monoisotopic (exact) mass is 356 g/mol. The van der Waals surface area contributed by atoms with Gasteiger partial charge in [-0.25, -0.2) is 0 Å². The molecule has 0 aliphatic carbocycles. The first-order valence-electron chi connectivity index (χ1n) is 7.08. The van der Waals surface area contributed by atoms with Crippen LogP contribution >= 0.6 is 22.9 Å². The maximum Gasteiger partial charge on any atom is 0.279 e. The van der Waals surface area contributed by atoms with Gasteiger partial charge in [-0.05, 0) is 30.3 Å². The average Bonchev–Trinajstić information content (AvgIpc) is 2.94. The van der Waals surface area contributed by atoms with Crippen molar-refractivity contribution in [2.45, 2.75) is 6.54 Å². The number of benzene rings is 2. The average molecular weight is 357 g/mol. The number of amides is 1. The number of hydrogen-bond acceptors (Lipinski definition) is 3. The molecule has 1 amide bonds. The molecule has 2 aromatic carbocycles. The molecule has 0 radical (unpaired) electrons. The SMILES string of the molecule is C#CCn1c(=NC(=O)c2cccc(OC)c2)sc2cccc(Cl)c21. The van der Waals surface area contributed by atoms with Gasteiger partial charge in [-0.1, -0.05) is 41.0 Å². The standard InChI is InChI=1S/C18H13ClN2O2S/c1-3-10-21-16-14(19)8-5-9-15(16)24-18(21)20-17(22)12-6-4-7-13(11-12)23-2/h1,4-9,11H,10H2,2H3. The summed E-state index contributed by atoms with van der Waals surface area (Å²) in [6.07, 6.45) is 5.46. The lowest BCUT2D eigenvalue weighted by molar-refractivity contribution is 0.0997. The van der Waals surface area contributed by atoms with E-state index in [1.165, 1.54) is 11.3 Å². The van der Waals surface area contributed by atoms with Gasteiger partial charge < -0.3 is 9.30 Å². The number of aromatic nitrogens is 1. The molecule has 1 aromatic heterocycles. The summed E-state index contributed by atoms with van der Waals surface area (Å²) in [6.45, 7) is 0.286. The zero-order valence-electron chi connectivity index (χ0n) is 12.8. The van der Waals surface area contributed by atoms with Gasteiger partial charge in [0.2, 0.25) is 0 Å². The number of terminal acetylenes is 1. The fourth-order valence-electron chi connectivity index (χ4n) is 2.32. The molecule has 0 bridgehead atoms. The van der Waals surface area contributed by atoms with Gasteiger partial charge in [0.15, 0.2) is 4.80 Å². The Kier molecular flexibility index (Phi) is 4.70. The highest BCUT2D eigenvalue weighted by atomic mass is 35.5. The molecular formula is C18H13ClN2O2S. The number of methoxy groups -OCH3 is 1. The molecule has 3 rings (SSSR count). The second-order valence-corrected chi connectivity index (χ2v) is 6.33. The van der Waals surface area contributed by atoms with Crippen LogP contribution in [0.3, 0.4) is 0 Å². The minimum Gasteiger partial charge on any atom is -0.497 e. The molecule has 0 aliphatic rings. The molecule has 0 spiro atoms. The first-order valence-corrected chi connectivity index (χ1v) is 8.28. The highest BCUT2D eigenvalue weighted by Gasteiger charge is 2.11. The second kappa shape index (κ2) is 6.91. The van der Waals surface area contributed by atoms with Crippen molar-refractivity contribution in [3.8, 4) is 18.1 Å². The van der Waals surface area contributed by atoms with Crippen LogP contribution in [0, 0.1) is 12.3 Å². The van der Waals surface area contributed by atoms with Crippen molar-refractivity contribution in [3.05, 3.63) is 57.9 Å². The lowest BCUT2D eigenvalue weighted by Crippen LogP contribution is -2.16. The van der Waals surface area contributed by atoms with E-state index in [0.29, 0.717) is 21.1 Å². The van der Waals surface area contributed by atoms with Gasteiger partial charge in [-0.3, -0.25) is 4.79 Å². The summed E-state index contributed by atoms with van der Waals surface area (Å²) in [6, 6.07) is 12.4. The molecule has 24 heavy (non-hydrogen) atoms. The molecular weight excluding hydrogens is 344 g/mol. The van der Waals surface area contributed by atoms with Gasteiger partial charge in [0.25, 0.3) is 5.91 Å². The van der Waals surface area contributed by atoms with Gasteiger partial charge in [-0.15, -0.1) is 6.42 Å². The van der Waals surface area contributed by atoms with Crippen LogP contribution in [0.1, 0.15) is 10.4 Å². The fourth-order valence-corrected chi connectivity index (χ4v) is 3.70. The summed E-state index contributed by atoms with van der Waals surface area (Å²) >= 11 is 7.65. The second-order valence-electron chi connectivity index (χ2n) is 4.91. The fraction of sp³-hybridized carbons (Fsp3) is 0.111. The smallest absolute Gasteiger partial charge is 0.279 e. The molecule has 0 unspecified atom stereocenters. The largest absolute Gasteiger partial charge is 0.497 e. The molecule has 0 aliphatic heterocycles. The normalized spacial score (nSPS) is 11.5. The first-order chi connectivity index (χ1) is 11.6. The number of halogens is 1. The lowest BCUT2D eigenvalue weighted by atomic mass is 10.2. The van der Waals surface area contributed by atoms with Crippen molar-refractivity contribution in [2.75, 3.05) is 7.11 Å². The van der Waals surface area contributed by atoms with Crippen LogP contribution in [0.25, 0.3) is 10.2 Å². The Balaban J connectivity index is 2.16. The maximum atomic E-state index is 12.5. The summed E-state index contributed by atoms with van der Waals surface area (Å²) in [5.41, 5.74) is 1.24. The summed E-state index contributed by atoms with van der Waals surface area (Å²) < 4.78 is 7.84. The molecule has 0 saturated heterocycles. The third kappa shape index (κ3) is 3.07. The van der Waals surface area contributed by atoms with E-state index in [-0.39, 0.29) is 12.5 Å². The van der Waals surface area contributed by atoms with E-state index in [1.807, 2.05) is 12.1 Å². The molecule has 120 valence electrons. The van der Waals surface area contributed by atoms with E-state index in [9.17, 15) is 4.79 Å². The number of para-hydroxylation sites is 1. The Bertz CT molecular complexity index is 1030. The molecule has 3 aromatic rings. The third-order valence-corrected chi connectivity index (χ3v) is 4.76. The maximum absolute atomic E-state index is 12.5. The van der Waals surface area contributed by atoms with E-state index < -0.39 is 0 Å². The molecule has 0 N–H and O–H groups in total. The van der Waals surface area contributed by atoms with Gasteiger partial charge in [-0.2, -0.15) is 4.99 Å². The zero-order valence-corrected chi connectivity index (χ0v) is 14.4. The molecule has 6 heteroatoms. The van der Waals surface area contributed by atoms with Crippen molar-refractivity contribution in [2.24, 2.45) is 4.99 Å². The molecule has 0 atom stereocenters. The third-order valence-electron chi connectivity index (χ3n) is 3.42. The summed E-state index contributed by atoms with van der Waals surface area (Å²) in [5.74, 6) is 2.83. The van der Waals surface area contributed by atoms with E-state index in [0.717, 1.165) is 10.2 Å². The Morgan fingerprint density at radius 2 is 2.17 bits per heavy atom. The number of fused-ring (bicyclic) bond motifs is 1. The molecule has 0 fully saturated rings.